The van der Waals surface area contributed by atoms with Gasteiger partial charge in [-0.1, -0.05) is 53.4 Å². The van der Waals surface area contributed by atoms with Gasteiger partial charge in [0, 0.05) is 33.4 Å². The molecule has 1 aliphatic carbocycles. The van der Waals surface area contributed by atoms with E-state index in [4.69, 9.17) is 21.2 Å². The monoisotopic (exact) mass is 439 g/mol. The minimum absolute atomic E-state index is 0. The second kappa shape index (κ2) is 16.0. The van der Waals surface area contributed by atoms with Crippen molar-refractivity contribution in [3.05, 3.63) is 22.9 Å². The lowest BCUT2D eigenvalue weighted by Crippen LogP contribution is -2.52. The zero-order valence-electron chi connectivity index (χ0n) is 20.6. The van der Waals surface area contributed by atoms with Crippen molar-refractivity contribution in [2.45, 2.75) is 97.6 Å². The third kappa shape index (κ3) is 8.75. The van der Waals surface area contributed by atoms with Crippen LogP contribution in [0.1, 0.15) is 95.7 Å². The van der Waals surface area contributed by atoms with Crippen LogP contribution in [-0.4, -0.2) is 43.2 Å². The summed E-state index contributed by atoms with van der Waals surface area (Å²) in [5.74, 6) is 0.279. The summed E-state index contributed by atoms with van der Waals surface area (Å²) in [5.41, 5.74) is 14.5. The molecule has 1 fully saturated rings. The van der Waals surface area contributed by atoms with Gasteiger partial charge in [-0.05, 0) is 43.7 Å². The van der Waals surface area contributed by atoms with Crippen molar-refractivity contribution < 1.29 is 11.0 Å². The first kappa shape index (κ1) is 29.3. The smallest absolute Gasteiger partial charge is 0.252 e. The minimum atomic E-state index is -0.417. The highest BCUT2D eigenvalue weighted by Crippen LogP contribution is 2.28. The van der Waals surface area contributed by atoms with Crippen molar-refractivity contribution in [3.8, 4) is 0 Å². The molecule has 3 rings (SSSR count). The molecule has 0 saturated carbocycles. The Balaban J connectivity index is 0. The molecule has 2 unspecified atom stereocenters. The van der Waals surface area contributed by atoms with Gasteiger partial charge in [-0.2, -0.15) is 0 Å². The molecule has 2 atom stereocenters. The fourth-order valence-electron chi connectivity index (χ4n) is 3.92. The summed E-state index contributed by atoms with van der Waals surface area (Å²) < 4.78 is 5.46. The molecule has 1 aromatic heterocycles. The van der Waals surface area contributed by atoms with Crippen molar-refractivity contribution >= 4 is 11.7 Å². The van der Waals surface area contributed by atoms with Crippen LogP contribution in [0.4, 0.5) is 5.82 Å². The normalized spacial score (nSPS) is 19.6. The molecule has 182 valence electrons. The van der Waals surface area contributed by atoms with Gasteiger partial charge in [0.05, 0.1) is 11.7 Å². The number of fused-ring (bicyclic) bond motifs is 1. The SMILES string of the molecule is CC.CCCCCC.COC1CN(c2nc3c(cc2C(N)=O)CCCC3)CCC1N.N.[HH]. The first-order valence-corrected chi connectivity index (χ1v) is 11.9. The Hall–Kier alpha value is -1.70. The van der Waals surface area contributed by atoms with E-state index in [1.807, 2.05) is 19.9 Å². The third-order valence-electron chi connectivity index (χ3n) is 5.72. The van der Waals surface area contributed by atoms with Crippen LogP contribution in [0, 0.1) is 0 Å². The van der Waals surface area contributed by atoms with Crippen LogP contribution < -0.4 is 22.5 Å². The van der Waals surface area contributed by atoms with Crippen molar-refractivity contribution in [2.24, 2.45) is 11.5 Å². The summed E-state index contributed by atoms with van der Waals surface area (Å²) in [6.45, 7) is 9.88. The number of nitrogens with two attached hydrogens (primary N) is 2. The number of hydrogen-bond donors (Lipinski definition) is 3. The van der Waals surface area contributed by atoms with Crippen LogP contribution in [0.25, 0.3) is 0 Å². The molecule has 2 heterocycles. The Kier molecular flexibility index (Phi) is 15.1. The van der Waals surface area contributed by atoms with Crippen LogP contribution >= 0.6 is 0 Å². The van der Waals surface area contributed by atoms with E-state index in [-0.39, 0.29) is 19.7 Å². The lowest BCUT2D eigenvalue weighted by atomic mass is 9.94. The molecule has 1 amide bonds. The second-order valence-corrected chi connectivity index (χ2v) is 7.92. The molecule has 0 bridgehead atoms. The first-order valence-electron chi connectivity index (χ1n) is 11.9. The number of rotatable bonds is 6. The van der Waals surface area contributed by atoms with E-state index >= 15 is 0 Å². The molecule has 7 heteroatoms. The summed E-state index contributed by atoms with van der Waals surface area (Å²) in [6.07, 6.45) is 10.6. The summed E-state index contributed by atoms with van der Waals surface area (Å²) in [7, 11) is 1.67. The third-order valence-corrected chi connectivity index (χ3v) is 5.72. The number of hydrogen-bond acceptors (Lipinski definition) is 6. The zero-order valence-corrected chi connectivity index (χ0v) is 20.6. The van der Waals surface area contributed by atoms with Gasteiger partial charge in [0.15, 0.2) is 0 Å². The predicted molar refractivity (Wildman–Crippen MR) is 133 cm³/mol. The van der Waals surface area contributed by atoms with E-state index in [2.05, 4.69) is 18.7 Å². The molecule has 7 N–H and O–H groups in total. The van der Waals surface area contributed by atoms with Crippen molar-refractivity contribution in [3.63, 3.8) is 0 Å². The average Bonchev–Trinajstić information content (AvgIpc) is 2.78. The Morgan fingerprint density at radius 3 is 2.39 bits per heavy atom. The number of ether oxygens (including phenoxy) is 1. The molecule has 7 nitrogen and oxygen atoms in total. The van der Waals surface area contributed by atoms with E-state index < -0.39 is 5.91 Å². The lowest BCUT2D eigenvalue weighted by molar-refractivity contribution is 0.0726. The molecule has 0 spiro atoms. The molecule has 31 heavy (non-hydrogen) atoms. The highest BCUT2D eigenvalue weighted by molar-refractivity contribution is 5.98. The molecule has 2 aliphatic rings. The summed E-state index contributed by atoms with van der Waals surface area (Å²) in [5, 5.41) is 0. The molecular formula is C24H49N5O2. The summed E-state index contributed by atoms with van der Waals surface area (Å²) >= 11 is 0. The number of unbranched alkanes of at least 4 members (excludes halogenated alkanes) is 3. The van der Waals surface area contributed by atoms with E-state index in [1.165, 1.54) is 31.2 Å². The van der Waals surface area contributed by atoms with Crippen LogP contribution in [0.2, 0.25) is 0 Å². The number of piperidine rings is 1. The Morgan fingerprint density at radius 2 is 1.84 bits per heavy atom. The van der Waals surface area contributed by atoms with Crippen molar-refractivity contribution in [1.29, 1.82) is 0 Å². The lowest BCUT2D eigenvalue weighted by Gasteiger charge is -2.37. The summed E-state index contributed by atoms with van der Waals surface area (Å²) in [6, 6.07) is 1.96. The number of pyridine rings is 1. The second-order valence-electron chi connectivity index (χ2n) is 7.92. The van der Waals surface area contributed by atoms with Gasteiger partial charge in [-0.15, -0.1) is 0 Å². The van der Waals surface area contributed by atoms with E-state index in [0.29, 0.717) is 17.9 Å². The molecule has 1 aliphatic heterocycles. The number of carbonyl (C=O) groups is 1. The quantitative estimate of drug-likeness (QED) is 0.554. The predicted octanol–water partition coefficient (Wildman–Crippen LogP) is 4.63. The number of anilines is 1. The van der Waals surface area contributed by atoms with E-state index in [0.717, 1.165) is 44.3 Å². The van der Waals surface area contributed by atoms with Gasteiger partial charge < -0.3 is 27.3 Å². The number of aromatic nitrogens is 1. The van der Waals surface area contributed by atoms with Crippen LogP contribution in [-0.2, 0) is 17.6 Å². The van der Waals surface area contributed by atoms with Crippen LogP contribution in [0.3, 0.4) is 0 Å². The topological polar surface area (TPSA) is 129 Å². The van der Waals surface area contributed by atoms with E-state index in [1.54, 1.807) is 7.11 Å². The number of amides is 1. The van der Waals surface area contributed by atoms with Gasteiger partial charge in [-0.3, -0.25) is 4.79 Å². The number of methoxy groups -OCH3 is 1. The number of nitrogens with zero attached hydrogens (tertiary/aromatic N) is 2. The summed E-state index contributed by atoms with van der Waals surface area (Å²) in [4.78, 5) is 18.7. The fourth-order valence-corrected chi connectivity index (χ4v) is 3.92. The maximum absolute atomic E-state index is 11.9. The Morgan fingerprint density at radius 1 is 1.23 bits per heavy atom. The maximum Gasteiger partial charge on any atom is 0.252 e. The van der Waals surface area contributed by atoms with Crippen LogP contribution in [0.15, 0.2) is 6.07 Å². The van der Waals surface area contributed by atoms with Gasteiger partial charge in [0.25, 0.3) is 5.91 Å². The first-order chi connectivity index (χ1) is 14.5. The maximum atomic E-state index is 11.9. The standard InChI is InChI=1S/C16H24N4O2.C6H14.C2H6.H3N.H2/c1-22-14-9-20(7-6-12(14)17)16-11(15(18)21)8-10-4-2-3-5-13(10)19-16;1-3-5-6-4-2;1-2;;/h8,12,14H,2-7,9,17H2,1H3,(H2,18,21);3-6H2,1-2H3;1-2H3;1H3;1H. The van der Waals surface area contributed by atoms with Gasteiger partial charge in [0.2, 0.25) is 0 Å². The largest absolute Gasteiger partial charge is 0.378 e. The highest BCUT2D eigenvalue weighted by Gasteiger charge is 2.30. The van der Waals surface area contributed by atoms with Gasteiger partial charge in [-0.25, -0.2) is 4.98 Å². The van der Waals surface area contributed by atoms with Crippen LogP contribution in [0.5, 0.6) is 0 Å². The van der Waals surface area contributed by atoms with Gasteiger partial charge >= 0.3 is 0 Å². The van der Waals surface area contributed by atoms with Gasteiger partial charge in [0.1, 0.15) is 5.82 Å². The Bertz CT molecular complexity index is 641. The molecule has 0 aromatic carbocycles. The molecule has 1 saturated heterocycles. The van der Waals surface area contributed by atoms with Crippen molar-refractivity contribution in [2.75, 3.05) is 25.1 Å². The minimum Gasteiger partial charge on any atom is -0.378 e. The van der Waals surface area contributed by atoms with Crippen molar-refractivity contribution in [1.82, 2.24) is 11.1 Å². The highest BCUT2D eigenvalue weighted by atomic mass is 16.5. The molecular weight excluding hydrogens is 390 g/mol. The molecule has 0 radical (unpaired) electrons. The molecule has 1 aromatic rings. The number of aryl methyl sites for hydroxylation is 2. The van der Waals surface area contributed by atoms with E-state index in [9.17, 15) is 4.79 Å². The number of carbonyl (C=O) groups excluding carboxylic acids is 1. The zero-order chi connectivity index (χ0) is 22.5. The Labute approximate surface area is 191 Å². The number of primary amides is 1. The fraction of sp³-hybridized carbons (Fsp3) is 0.750. The average molecular weight is 440 g/mol.